The number of carboxylic acid groups (broad SMARTS) is 1. The lowest BCUT2D eigenvalue weighted by Gasteiger charge is -2.37. The molecule has 0 aromatic rings. The Morgan fingerprint density at radius 3 is 2.74 bits per heavy atom. The molecule has 106 valence electrons. The molecule has 0 aromatic heterocycles. The van der Waals surface area contributed by atoms with Crippen molar-refractivity contribution in [3.05, 3.63) is 0 Å². The molecule has 0 radical (unpaired) electrons. The monoisotopic (exact) mass is 269 g/mol. The van der Waals surface area contributed by atoms with Gasteiger partial charge in [0.05, 0.1) is 24.0 Å². The number of ether oxygens (including phenoxy) is 2. The molecule has 1 amide bonds. The molecule has 1 spiro atoms. The average Bonchev–Trinajstić information content (AvgIpc) is 3.07. The molecule has 3 fully saturated rings. The molecule has 2 heterocycles. The first-order valence-corrected chi connectivity index (χ1v) is 6.85. The van der Waals surface area contributed by atoms with Gasteiger partial charge in [0.15, 0.2) is 0 Å². The molecule has 4 unspecified atom stereocenters. The van der Waals surface area contributed by atoms with Gasteiger partial charge >= 0.3 is 5.97 Å². The molecule has 4 atom stereocenters. The molecular weight excluding hydrogens is 250 g/mol. The molecule has 0 aromatic carbocycles. The van der Waals surface area contributed by atoms with E-state index in [-0.39, 0.29) is 23.5 Å². The highest BCUT2D eigenvalue weighted by atomic mass is 16.6. The number of nitrogens with one attached hydrogen (secondary N) is 1. The van der Waals surface area contributed by atoms with E-state index in [4.69, 9.17) is 14.6 Å². The first kappa shape index (κ1) is 12.9. The molecular formula is C13H19NO5. The van der Waals surface area contributed by atoms with Crippen molar-refractivity contribution in [2.75, 3.05) is 19.8 Å². The van der Waals surface area contributed by atoms with E-state index in [2.05, 4.69) is 5.32 Å². The normalized spacial score (nSPS) is 41.2. The van der Waals surface area contributed by atoms with Gasteiger partial charge < -0.3 is 19.9 Å². The summed E-state index contributed by atoms with van der Waals surface area (Å²) in [5, 5.41) is 11.8. The fourth-order valence-electron chi connectivity index (χ4n) is 3.08. The van der Waals surface area contributed by atoms with Gasteiger partial charge in [0.25, 0.3) is 0 Å². The summed E-state index contributed by atoms with van der Waals surface area (Å²) in [6, 6.07) is 0.0815. The van der Waals surface area contributed by atoms with Gasteiger partial charge in [-0.1, -0.05) is 0 Å². The molecule has 6 heteroatoms. The SMILES string of the molecule is O=C(O)C1CC1C(=O)NC1CCOC2(CCOC2)C1. The van der Waals surface area contributed by atoms with Crippen LogP contribution in [0.2, 0.25) is 0 Å². The Bertz CT molecular complexity index is 390. The number of hydrogen-bond acceptors (Lipinski definition) is 4. The Hall–Kier alpha value is -1.14. The highest BCUT2D eigenvalue weighted by Gasteiger charge is 2.49. The van der Waals surface area contributed by atoms with Gasteiger partial charge in [0.1, 0.15) is 0 Å². The summed E-state index contributed by atoms with van der Waals surface area (Å²) >= 11 is 0. The van der Waals surface area contributed by atoms with Crippen LogP contribution in [0.25, 0.3) is 0 Å². The van der Waals surface area contributed by atoms with Crippen molar-refractivity contribution in [2.24, 2.45) is 11.8 Å². The summed E-state index contributed by atoms with van der Waals surface area (Å²) in [6.07, 6.45) is 2.90. The third-order valence-electron chi connectivity index (χ3n) is 4.35. The second-order valence-corrected chi connectivity index (χ2v) is 5.82. The van der Waals surface area contributed by atoms with E-state index in [1.54, 1.807) is 0 Å². The predicted molar refractivity (Wildman–Crippen MR) is 64.5 cm³/mol. The summed E-state index contributed by atoms with van der Waals surface area (Å²) in [5.74, 6) is -1.80. The third kappa shape index (κ3) is 2.60. The lowest BCUT2D eigenvalue weighted by atomic mass is 9.89. The minimum atomic E-state index is -0.868. The zero-order chi connectivity index (χ0) is 13.5. The maximum Gasteiger partial charge on any atom is 0.307 e. The molecule has 2 N–H and O–H groups in total. The minimum absolute atomic E-state index is 0.0815. The van der Waals surface area contributed by atoms with Crippen LogP contribution in [-0.2, 0) is 19.1 Å². The van der Waals surface area contributed by atoms with Gasteiger partial charge in [-0.15, -0.1) is 0 Å². The third-order valence-corrected chi connectivity index (χ3v) is 4.35. The van der Waals surface area contributed by atoms with E-state index in [9.17, 15) is 9.59 Å². The Labute approximate surface area is 111 Å². The summed E-state index contributed by atoms with van der Waals surface area (Å²) in [4.78, 5) is 22.7. The molecule has 3 aliphatic rings. The zero-order valence-electron chi connectivity index (χ0n) is 10.8. The molecule has 19 heavy (non-hydrogen) atoms. The van der Waals surface area contributed by atoms with Gasteiger partial charge in [-0.3, -0.25) is 9.59 Å². The van der Waals surface area contributed by atoms with Crippen molar-refractivity contribution < 1.29 is 24.2 Å². The number of carbonyl (C=O) groups is 2. The van der Waals surface area contributed by atoms with Crippen LogP contribution in [-0.4, -0.2) is 48.4 Å². The Morgan fingerprint density at radius 1 is 1.26 bits per heavy atom. The number of carbonyl (C=O) groups excluding carboxylic acids is 1. The van der Waals surface area contributed by atoms with Crippen molar-refractivity contribution in [3.63, 3.8) is 0 Å². The van der Waals surface area contributed by atoms with Crippen LogP contribution in [0.5, 0.6) is 0 Å². The maximum absolute atomic E-state index is 11.9. The van der Waals surface area contributed by atoms with E-state index in [1.807, 2.05) is 0 Å². The van der Waals surface area contributed by atoms with Gasteiger partial charge in [0, 0.05) is 25.7 Å². The molecule has 1 saturated carbocycles. The van der Waals surface area contributed by atoms with Crippen molar-refractivity contribution in [2.45, 2.75) is 37.3 Å². The summed E-state index contributed by atoms with van der Waals surface area (Å²) in [6.45, 7) is 1.94. The quantitative estimate of drug-likeness (QED) is 0.762. The van der Waals surface area contributed by atoms with Crippen LogP contribution in [0.4, 0.5) is 0 Å². The smallest absolute Gasteiger partial charge is 0.307 e. The van der Waals surface area contributed by atoms with E-state index in [0.29, 0.717) is 26.2 Å². The lowest BCUT2D eigenvalue weighted by Crippen LogP contribution is -2.49. The van der Waals surface area contributed by atoms with Crippen LogP contribution in [0, 0.1) is 11.8 Å². The summed E-state index contributed by atoms with van der Waals surface area (Å²) in [7, 11) is 0. The first-order chi connectivity index (χ1) is 9.10. The molecule has 3 rings (SSSR count). The number of carboxylic acids is 1. The van der Waals surface area contributed by atoms with Crippen LogP contribution >= 0.6 is 0 Å². The van der Waals surface area contributed by atoms with Gasteiger partial charge in [-0.25, -0.2) is 0 Å². The Kier molecular flexibility index (Phi) is 3.22. The number of hydrogen-bond donors (Lipinski definition) is 2. The Balaban J connectivity index is 1.52. The van der Waals surface area contributed by atoms with Crippen molar-refractivity contribution in [1.82, 2.24) is 5.32 Å². The highest BCUT2D eigenvalue weighted by Crippen LogP contribution is 2.39. The van der Waals surface area contributed by atoms with E-state index in [0.717, 1.165) is 19.3 Å². The maximum atomic E-state index is 11.9. The van der Waals surface area contributed by atoms with E-state index < -0.39 is 11.9 Å². The van der Waals surface area contributed by atoms with Crippen LogP contribution in [0.3, 0.4) is 0 Å². The Morgan fingerprint density at radius 2 is 2.11 bits per heavy atom. The second kappa shape index (κ2) is 4.76. The fourth-order valence-corrected chi connectivity index (χ4v) is 3.08. The van der Waals surface area contributed by atoms with Crippen molar-refractivity contribution >= 4 is 11.9 Å². The number of amides is 1. The van der Waals surface area contributed by atoms with Gasteiger partial charge in [-0.2, -0.15) is 0 Å². The van der Waals surface area contributed by atoms with Gasteiger partial charge in [-0.05, 0) is 19.3 Å². The summed E-state index contributed by atoms with van der Waals surface area (Å²) in [5.41, 5.74) is -0.230. The number of rotatable bonds is 3. The zero-order valence-corrected chi connectivity index (χ0v) is 10.8. The van der Waals surface area contributed by atoms with Crippen LogP contribution in [0.15, 0.2) is 0 Å². The van der Waals surface area contributed by atoms with Crippen molar-refractivity contribution in [1.29, 1.82) is 0 Å². The van der Waals surface area contributed by atoms with Crippen LogP contribution < -0.4 is 5.32 Å². The summed E-state index contributed by atoms with van der Waals surface area (Å²) < 4.78 is 11.2. The topological polar surface area (TPSA) is 84.9 Å². The molecule has 0 bridgehead atoms. The van der Waals surface area contributed by atoms with Crippen molar-refractivity contribution in [3.8, 4) is 0 Å². The fraction of sp³-hybridized carbons (Fsp3) is 0.846. The molecule has 2 saturated heterocycles. The predicted octanol–water partition coefficient (Wildman–Crippen LogP) is 0.161. The highest BCUT2D eigenvalue weighted by molar-refractivity contribution is 5.89. The molecule has 2 aliphatic heterocycles. The molecule has 1 aliphatic carbocycles. The number of aliphatic carboxylic acids is 1. The molecule has 6 nitrogen and oxygen atoms in total. The minimum Gasteiger partial charge on any atom is -0.481 e. The lowest BCUT2D eigenvalue weighted by molar-refractivity contribution is -0.140. The standard InChI is InChI=1S/C13H19NO5/c15-11(9-5-10(9)12(16)17)14-8-1-3-19-13(6-8)2-4-18-7-13/h8-10H,1-7H2,(H,14,15)(H,16,17). The second-order valence-electron chi connectivity index (χ2n) is 5.82. The average molecular weight is 269 g/mol. The van der Waals surface area contributed by atoms with Crippen LogP contribution in [0.1, 0.15) is 25.7 Å². The largest absolute Gasteiger partial charge is 0.481 e. The van der Waals surface area contributed by atoms with E-state index in [1.165, 1.54) is 0 Å². The first-order valence-electron chi connectivity index (χ1n) is 6.85. The van der Waals surface area contributed by atoms with Gasteiger partial charge in [0.2, 0.25) is 5.91 Å². The van der Waals surface area contributed by atoms with E-state index >= 15 is 0 Å².